The number of aromatic nitrogens is 2. The van der Waals surface area contributed by atoms with Gasteiger partial charge in [-0.05, 0) is 25.1 Å². The molecule has 1 unspecified atom stereocenters. The number of piperazine rings is 1. The first-order valence-corrected chi connectivity index (χ1v) is 13.5. The van der Waals surface area contributed by atoms with E-state index in [2.05, 4.69) is 25.7 Å². The summed E-state index contributed by atoms with van der Waals surface area (Å²) in [6.07, 6.45) is 0. The van der Waals surface area contributed by atoms with Gasteiger partial charge in [-0.2, -0.15) is 0 Å². The normalized spacial score (nSPS) is 20.7. The first kappa shape index (κ1) is 24.0. The Kier molecular flexibility index (Phi) is 6.69. The number of amidine groups is 1. The van der Waals surface area contributed by atoms with Crippen LogP contribution in [0.25, 0.3) is 0 Å². The van der Waals surface area contributed by atoms with Crippen LogP contribution in [0.2, 0.25) is 5.02 Å². The molecule has 0 bridgehead atoms. The molecule has 0 radical (unpaired) electrons. The molecule has 2 saturated heterocycles. The zero-order valence-electron chi connectivity index (χ0n) is 19.7. The van der Waals surface area contributed by atoms with Crippen LogP contribution in [0.4, 0.5) is 10.5 Å². The molecule has 3 aliphatic heterocycles. The number of amides is 3. The SMILES string of the molecule is Cc1nnc(SCCN2C(=[N+]3CCN(c4cccc(Cl)c4)CC3)N=C3C2C(=O)N(C)C(=O)N3C)s1. The highest BCUT2D eigenvalue weighted by Gasteiger charge is 2.55. The Morgan fingerprint density at radius 1 is 1.17 bits per heavy atom. The number of aliphatic imine (C=N–C) groups is 1. The topological polar surface area (TPSA) is 88.2 Å². The number of anilines is 1. The molecule has 1 atom stereocenters. The van der Waals surface area contributed by atoms with Gasteiger partial charge in [0.2, 0.25) is 11.9 Å². The maximum Gasteiger partial charge on any atom is 0.392 e. The van der Waals surface area contributed by atoms with Crippen LogP contribution in [-0.4, -0.2) is 112 Å². The number of thioether (sulfide) groups is 1. The lowest BCUT2D eigenvalue weighted by atomic mass is 10.1. The number of hydrogen-bond acceptors (Lipinski definition) is 7. The maximum atomic E-state index is 13.2. The number of nitrogens with zero attached hydrogens (tertiary/aromatic N) is 8. The number of likely N-dealkylation sites (N-methyl/N-ethyl adjacent to an activating group) is 2. The molecule has 0 aliphatic carbocycles. The van der Waals surface area contributed by atoms with Gasteiger partial charge < -0.3 is 4.90 Å². The molecule has 1 aromatic carbocycles. The monoisotopic (exact) mass is 533 g/mol. The molecule has 4 heterocycles. The number of carbonyl (C=O) groups excluding carboxylic acids is 2. The molecular formula is C22H26ClN8O2S2+. The fraction of sp³-hybridized carbons (Fsp3) is 0.455. The number of rotatable bonds is 5. The number of aryl methyl sites for hydroxylation is 1. The molecule has 35 heavy (non-hydrogen) atoms. The molecule has 3 amide bonds. The van der Waals surface area contributed by atoms with Gasteiger partial charge in [0, 0.05) is 43.6 Å². The van der Waals surface area contributed by atoms with Crippen LogP contribution in [-0.2, 0) is 4.79 Å². The Morgan fingerprint density at radius 2 is 1.94 bits per heavy atom. The van der Waals surface area contributed by atoms with E-state index in [0.29, 0.717) is 18.1 Å². The smallest absolute Gasteiger partial charge is 0.365 e. The molecular weight excluding hydrogens is 508 g/mol. The molecule has 5 rings (SSSR count). The number of urea groups is 1. The molecule has 184 valence electrons. The lowest BCUT2D eigenvalue weighted by molar-refractivity contribution is -0.534. The van der Waals surface area contributed by atoms with Crippen LogP contribution in [0, 0.1) is 6.92 Å². The minimum absolute atomic E-state index is 0.254. The second kappa shape index (κ2) is 9.75. The quantitative estimate of drug-likeness (QED) is 0.429. The number of hydrogen-bond donors (Lipinski definition) is 0. The van der Waals surface area contributed by atoms with Gasteiger partial charge in [0.1, 0.15) is 5.01 Å². The molecule has 2 fully saturated rings. The molecule has 0 N–H and O–H groups in total. The van der Waals surface area contributed by atoms with Crippen molar-refractivity contribution in [3.05, 3.63) is 34.3 Å². The summed E-state index contributed by atoms with van der Waals surface area (Å²) in [4.78, 5) is 37.6. The lowest BCUT2D eigenvalue weighted by Gasteiger charge is -2.34. The first-order valence-electron chi connectivity index (χ1n) is 11.3. The van der Waals surface area contributed by atoms with Crippen molar-refractivity contribution in [3.63, 3.8) is 0 Å². The molecule has 3 aliphatic rings. The number of benzene rings is 1. The average molecular weight is 534 g/mol. The summed E-state index contributed by atoms with van der Waals surface area (Å²) >= 11 is 9.36. The van der Waals surface area contributed by atoms with E-state index in [9.17, 15) is 9.59 Å². The zero-order chi connectivity index (χ0) is 24.7. The van der Waals surface area contributed by atoms with Crippen molar-refractivity contribution in [1.29, 1.82) is 0 Å². The number of halogens is 1. The third kappa shape index (κ3) is 4.62. The van der Waals surface area contributed by atoms with Gasteiger partial charge in [0.05, 0.1) is 19.6 Å². The number of carbonyl (C=O) groups is 2. The summed E-state index contributed by atoms with van der Waals surface area (Å²) in [7, 11) is 3.20. The Morgan fingerprint density at radius 3 is 2.63 bits per heavy atom. The van der Waals surface area contributed by atoms with Crippen molar-refractivity contribution >= 4 is 64.1 Å². The van der Waals surface area contributed by atoms with Crippen molar-refractivity contribution in [2.24, 2.45) is 4.99 Å². The first-order chi connectivity index (χ1) is 16.8. The standard InChI is InChI=1S/C22H26ClN8O2S2/c1-14-25-26-21(35-14)34-12-11-31-17-18(27(2)22(33)28(3)19(17)32)24-20(31)30-9-7-29(8-10-30)16-6-4-5-15(23)13-16/h4-6,13,17H,7-12H2,1-3H3/q+1. The third-order valence-corrected chi connectivity index (χ3v) is 8.50. The lowest BCUT2D eigenvalue weighted by Crippen LogP contribution is -2.63. The van der Waals surface area contributed by atoms with Gasteiger partial charge in [-0.15, -0.1) is 10.2 Å². The predicted molar refractivity (Wildman–Crippen MR) is 138 cm³/mol. The minimum Gasteiger partial charge on any atom is -0.365 e. The van der Waals surface area contributed by atoms with Crippen LogP contribution in [0.3, 0.4) is 0 Å². The maximum absolute atomic E-state index is 13.2. The van der Waals surface area contributed by atoms with Gasteiger partial charge in [-0.25, -0.2) is 9.69 Å². The fourth-order valence-corrected chi connectivity index (χ4v) is 6.48. The molecule has 2 aromatic rings. The molecule has 13 heteroatoms. The van der Waals surface area contributed by atoms with E-state index in [1.807, 2.05) is 30.0 Å². The number of imide groups is 1. The van der Waals surface area contributed by atoms with E-state index in [0.717, 1.165) is 52.2 Å². The van der Waals surface area contributed by atoms with Crippen molar-refractivity contribution in [2.75, 3.05) is 57.5 Å². The largest absolute Gasteiger partial charge is 0.392 e. The van der Waals surface area contributed by atoms with Gasteiger partial charge in [-0.3, -0.25) is 19.2 Å². The van der Waals surface area contributed by atoms with Gasteiger partial charge in [0.15, 0.2) is 4.34 Å². The van der Waals surface area contributed by atoms with Gasteiger partial charge in [-0.1, -0.05) is 45.8 Å². The average Bonchev–Trinajstić information content (AvgIpc) is 3.45. The summed E-state index contributed by atoms with van der Waals surface area (Å²) in [6.45, 7) is 5.61. The molecule has 1 aromatic heterocycles. The predicted octanol–water partition coefficient (Wildman–Crippen LogP) is 2.09. The van der Waals surface area contributed by atoms with Crippen LogP contribution in [0.15, 0.2) is 33.6 Å². The van der Waals surface area contributed by atoms with Crippen molar-refractivity contribution in [2.45, 2.75) is 17.3 Å². The summed E-state index contributed by atoms with van der Waals surface area (Å²) in [5.41, 5.74) is 1.09. The van der Waals surface area contributed by atoms with E-state index in [1.54, 1.807) is 30.1 Å². The Balaban J connectivity index is 1.39. The fourth-order valence-electron chi connectivity index (χ4n) is 4.47. The highest BCUT2D eigenvalue weighted by Crippen LogP contribution is 2.27. The Bertz CT molecular complexity index is 1220. The molecule has 10 nitrogen and oxygen atoms in total. The summed E-state index contributed by atoms with van der Waals surface area (Å²) in [6, 6.07) is 6.89. The zero-order valence-corrected chi connectivity index (χ0v) is 22.1. The van der Waals surface area contributed by atoms with E-state index in [4.69, 9.17) is 16.6 Å². The van der Waals surface area contributed by atoms with Crippen molar-refractivity contribution in [3.8, 4) is 0 Å². The second-order valence-electron chi connectivity index (χ2n) is 8.49. The van der Waals surface area contributed by atoms with Crippen molar-refractivity contribution in [1.82, 2.24) is 24.9 Å². The third-order valence-electron chi connectivity index (χ3n) is 6.31. The summed E-state index contributed by atoms with van der Waals surface area (Å²) < 4.78 is 3.11. The van der Waals surface area contributed by atoms with Crippen LogP contribution in [0.1, 0.15) is 5.01 Å². The Labute approximate surface area is 216 Å². The van der Waals surface area contributed by atoms with Gasteiger partial charge >= 0.3 is 12.0 Å². The summed E-state index contributed by atoms with van der Waals surface area (Å²) in [5.74, 6) is 1.69. The van der Waals surface area contributed by atoms with E-state index in [-0.39, 0.29) is 11.9 Å². The van der Waals surface area contributed by atoms with E-state index in [1.165, 1.54) is 16.8 Å². The molecule has 0 spiro atoms. The van der Waals surface area contributed by atoms with Crippen LogP contribution in [0.5, 0.6) is 0 Å². The van der Waals surface area contributed by atoms with Crippen molar-refractivity contribution < 1.29 is 14.2 Å². The second-order valence-corrected chi connectivity index (χ2v) is 11.5. The Hall–Kier alpha value is -2.70. The van der Waals surface area contributed by atoms with E-state index >= 15 is 0 Å². The van der Waals surface area contributed by atoms with Gasteiger partial charge in [0.25, 0.3) is 5.91 Å². The highest BCUT2D eigenvalue weighted by atomic mass is 35.5. The molecule has 0 saturated carbocycles. The summed E-state index contributed by atoms with van der Waals surface area (Å²) in [5, 5.41) is 9.91. The highest BCUT2D eigenvalue weighted by molar-refractivity contribution is 8.01. The minimum atomic E-state index is -0.611. The van der Waals surface area contributed by atoms with E-state index < -0.39 is 6.04 Å². The van der Waals surface area contributed by atoms with Crippen LogP contribution < -0.4 is 4.90 Å². The number of fused-ring (bicyclic) bond motifs is 1. The van der Waals surface area contributed by atoms with Crippen LogP contribution >= 0.6 is 34.7 Å². The number of guanidine groups is 1.